The Bertz CT molecular complexity index is 712. The second-order valence-electron chi connectivity index (χ2n) is 7.27. The smallest absolute Gasteiger partial charge is 0.408 e. The van der Waals surface area contributed by atoms with Crippen LogP contribution in [0.2, 0.25) is 0 Å². The minimum atomic E-state index is -0.564. The average molecular weight is 344 g/mol. The van der Waals surface area contributed by atoms with Crippen molar-refractivity contribution in [3.05, 3.63) is 35.7 Å². The number of amidine groups is 1. The highest BCUT2D eigenvalue weighted by Crippen LogP contribution is 2.33. The van der Waals surface area contributed by atoms with E-state index in [1.807, 2.05) is 52.1 Å². The number of rotatable bonds is 3. The molecular weight excluding hydrogens is 320 g/mol. The van der Waals surface area contributed by atoms with Gasteiger partial charge < -0.3 is 15.4 Å². The van der Waals surface area contributed by atoms with Crippen LogP contribution in [0, 0.1) is 0 Å². The monoisotopic (exact) mass is 344 g/mol. The number of Topliss-reactive ketones (excluding diaryl/α,β-unsaturated/α-hetero) is 1. The third kappa shape index (κ3) is 3.60. The summed E-state index contributed by atoms with van der Waals surface area (Å²) in [6.07, 6.45) is 8.17. The number of nitrogens with zero attached hydrogens (tertiary/aromatic N) is 2. The molecule has 0 radical (unpaired) electrons. The lowest BCUT2D eigenvalue weighted by molar-refractivity contribution is -0.121. The molecule has 0 saturated heterocycles. The predicted octanol–water partition coefficient (Wildman–Crippen LogP) is 2.19. The molecule has 2 heterocycles. The van der Waals surface area contributed by atoms with Crippen LogP contribution in [0.25, 0.3) is 0 Å². The highest BCUT2D eigenvalue weighted by molar-refractivity contribution is 5.95. The van der Waals surface area contributed by atoms with E-state index in [0.29, 0.717) is 18.7 Å². The number of amides is 1. The molecule has 2 unspecified atom stereocenters. The molecule has 3 aliphatic rings. The van der Waals surface area contributed by atoms with E-state index in [0.717, 1.165) is 11.3 Å². The van der Waals surface area contributed by atoms with Crippen molar-refractivity contribution in [1.29, 1.82) is 0 Å². The van der Waals surface area contributed by atoms with Crippen LogP contribution < -0.4 is 10.6 Å². The summed E-state index contributed by atoms with van der Waals surface area (Å²) in [6, 6.07) is -0.696. The Morgan fingerprint density at radius 3 is 2.96 bits per heavy atom. The molecule has 1 amide bonds. The van der Waals surface area contributed by atoms with Gasteiger partial charge in [-0.1, -0.05) is 19.1 Å². The van der Waals surface area contributed by atoms with E-state index in [-0.39, 0.29) is 17.9 Å². The van der Waals surface area contributed by atoms with Crippen LogP contribution in [0.3, 0.4) is 0 Å². The maximum absolute atomic E-state index is 12.3. The Balaban J connectivity index is 1.75. The van der Waals surface area contributed by atoms with Crippen molar-refractivity contribution in [3.63, 3.8) is 0 Å². The van der Waals surface area contributed by atoms with E-state index in [4.69, 9.17) is 4.74 Å². The van der Waals surface area contributed by atoms with E-state index < -0.39 is 11.7 Å². The zero-order valence-electron chi connectivity index (χ0n) is 15.0. The fourth-order valence-corrected chi connectivity index (χ4v) is 2.99. The van der Waals surface area contributed by atoms with Gasteiger partial charge in [-0.3, -0.25) is 4.79 Å². The zero-order valence-corrected chi connectivity index (χ0v) is 15.0. The molecule has 0 spiro atoms. The Morgan fingerprint density at radius 2 is 2.28 bits per heavy atom. The minimum Gasteiger partial charge on any atom is -0.444 e. The fourth-order valence-electron chi connectivity index (χ4n) is 2.99. The largest absolute Gasteiger partial charge is 0.444 e. The lowest BCUT2D eigenvalue weighted by atomic mass is 9.97. The molecule has 2 atom stereocenters. The van der Waals surface area contributed by atoms with Gasteiger partial charge >= 0.3 is 6.09 Å². The number of carbonyl (C=O) groups is 2. The summed E-state index contributed by atoms with van der Waals surface area (Å²) < 4.78 is 5.32. The van der Waals surface area contributed by atoms with E-state index in [1.165, 1.54) is 0 Å². The lowest BCUT2D eigenvalue weighted by Crippen LogP contribution is -2.50. The summed E-state index contributed by atoms with van der Waals surface area (Å²) in [7, 11) is 0. The van der Waals surface area contributed by atoms with Crippen LogP contribution in [0.5, 0.6) is 0 Å². The van der Waals surface area contributed by atoms with Gasteiger partial charge in [0.05, 0.1) is 11.7 Å². The van der Waals surface area contributed by atoms with Crippen molar-refractivity contribution in [1.82, 2.24) is 15.6 Å². The summed E-state index contributed by atoms with van der Waals surface area (Å²) in [5.74, 6) is 0.712. The quantitative estimate of drug-likeness (QED) is 0.820. The Morgan fingerprint density at radius 1 is 1.52 bits per heavy atom. The van der Waals surface area contributed by atoms with E-state index in [2.05, 4.69) is 15.7 Å². The maximum Gasteiger partial charge on any atom is 0.408 e. The molecule has 0 aromatic carbocycles. The molecule has 0 saturated carbocycles. The minimum absolute atomic E-state index is 0.121. The lowest BCUT2D eigenvalue weighted by Gasteiger charge is -2.31. The Hall–Kier alpha value is -2.57. The number of ketones is 1. The number of nitrogens with one attached hydrogen (secondary N) is 2. The molecule has 2 aliphatic heterocycles. The summed E-state index contributed by atoms with van der Waals surface area (Å²) in [5, 5.41) is 12.3. The first-order valence-electron chi connectivity index (χ1n) is 8.53. The highest BCUT2D eigenvalue weighted by atomic mass is 16.6. The first-order chi connectivity index (χ1) is 11.8. The molecule has 0 aromatic rings. The van der Waals surface area contributed by atoms with Gasteiger partial charge in [0.2, 0.25) is 0 Å². The molecule has 25 heavy (non-hydrogen) atoms. The summed E-state index contributed by atoms with van der Waals surface area (Å²) in [6.45, 7) is 7.41. The summed E-state index contributed by atoms with van der Waals surface area (Å²) in [4.78, 5) is 24.3. The molecule has 0 bridgehead atoms. The molecule has 7 nitrogen and oxygen atoms in total. The predicted molar refractivity (Wildman–Crippen MR) is 94.6 cm³/mol. The van der Waals surface area contributed by atoms with Gasteiger partial charge in [0, 0.05) is 12.6 Å². The van der Waals surface area contributed by atoms with Crippen molar-refractivity contribution < 1.29 is 14.3 Å². The second-order valence-corrected chi connectivity index (χ2v) is 7.27. The van der Waals surface area contributed by atoms with Gasteiger partial charge in [-0.2, -0.15) is 5.10 Å². The van der Waals surface area contributed by atoms with Gasteiger partial charge in [0.25, 0.3) is 0 Å². The van der Waals surface area contributed by atoms with Gasteiger partial charge in [-0.15, -0.1) is 0 Å². The number of ether oxygens (including phenoxy) is 1. The van der Waals surface area contributed by atoms with Crippen LogP contribution in [0.1, 0.15) is 40.5 Å². The van der Waals surface area contributed by atoms with Gasteiger partial charge in [-0.05, 0) is 38.8 Å². The number of hydrogen-bond acceptors (Lipinski definition) is 6. The van der Waals surface area contributed by atoms with Gasteiger partial charge in [0.1, 0.15) is 17.5 Å². The number of alkyl carbamates (subject to hydrolysis) is 1. The number of allylic oxidation sites excluding steroid dienone is 2. The second kappa shape index (κ2) is 6.38. The SMILES string of the molecule is CCC(NC(=O)OC(C)(C)C)C1=NN2C(=CN1)C=C1C=CCC(=O)C12. The fraction of sp³-hybridized carbons (Fsp3) is 0.500. The molecule has 134 valence electrons. The molecule has 2 N–H and O–H groups in total. The Labute approximate surface area is 147 Å². The Kier molecular flexibility index (Phi) is 4.41. The topological polar surface area (TPSA) is 83.0 Å². The highest BCUT2D eigenvalue weighted by Gasteiger charge is 2.38. The van der Waals surface area contributed by atoms with Crippen LogP contribution in [-0.4, -0.2) is 40.4 Å². The van der Waals surface area contributed by atoms with Crippen LogP contribution in [0.4, 0.5) is 4.79 Å². The van der Waals surface area contributed by atoms with E-state index in [9.17, 15) is 9.59 Å². The molecule has 0 fully saturated rings. The number of fused-ring (bicyclic) bond motifs is 3. The standard InChI is InChI=1S/C18H24N4O3/c1-5-13(20-17(24)25-18(2,3)4)16-19-10-12-9-11-7-6-8-14(23)15(11)22(12)21-16/h6-7,9-10,13,15H,5,8H2,1-4H3,(H,19,21)(H,20,24). The third-order valence-electron chi connectivity index (χ3n) is 4.09. The number of carbonyl (C=O) groups excluding carboxylic acids is 2. The third-order valence-corrected chi connectivity index (χ3v) is 4.09. The van der Waals surface area contributed by atoms with Crippen LogP contribution in [0.15, 0.2) is 40.8 Å². The summed E-state index contributed by atoms with van der Waals surface area (Å²) in [5.41, 5.74) is 1.23. The molecule has 1 aliphatic carbocycles. The van der Waals surface area contributed by atoms with E-state index >= 15 is 0 Å². The normalized spacial score (nSPS) is 22.9. The van der Waals surface area contributed by atoms with Gasteiger partial charge in [-0.25, -0.2) is 9.80 Å². The average Bonchev–Trinajstić information content (AvgIpc) is 2.89. The zero-order chi connectivity index (χ0) is 18.2. The van der Waals surface area contributed by atoms with E-state index in [1.54, 1.807) is 5.01 Å². The first kappa shape index (κ1) is 17.3. The first-order valence-corrected chi connectivity index (χ1v) is 8.53. The van der Waals surface area contributed by atoms with Crippen LogP contribution in [-0.2, 0) is 9.53 Å². The molecule has 7 heteroatoms. The molecule has 3 rings (SSSR count). The molecule has 0 aromatic heterocycles. The van der Waals surface area contributed by atoms with Crippen LogP contribution >= 0.6 is 0 Å². The van der Waals surface area contributed by atoms with Crippen molar-refractivity contribution >= 4 is 17.7 Å². The van der Waals surface area contributed by atoms with Crippen molar-refractivity contribution in [2.75, 3.05) is 0 Å². The van der Waals surface area contributed by atoms with Crippen molar-refractivity contribution in [3.8, 4) is 0 Å². The number of hydrogen-bond donors (Lipinski definition) is 2. The summed E-state index contributed by atoms with van der Waals surface area (Å²) >= 11 is 0. The maximum atomic E-state index is 12.3. The van der Waals surface area contributed by atoms with Gasteiger partial charge in [0.15, 0.2) is 5.78 Å². The number of hydrazone groups is 1. The van der Waals surface area contributed by atoms with Crippen molar-refractivity contribution in [2.24, 2.45) is 5.10 Å². The molecular formula is C18H24N4O3. The van der Waals surface area contributed by atoms with Crippen molar-refractivity contribution in [2.45, 2.75) is 58.2 Å².